The molecule has 3 aromatic rings. The Hall–Kier alpha value is -2.80. The van der Waals surface area contributed by atoms with Gasteiger partial charge in [0.05, 0.1) is 0 Å². The first kappa shape index (κ1) is 15.5. The van der Waals surface area contributed by atoms with Crippen molar-refractivity contribution < 1.29 is 0 Å². The number of fused-ring (bicyclic) bond motifs is 4. The summed E-state index contributed by atoms with van der Waals surface area (Å²) < 4.78 is 0. The molecule has 0 heterocycles. The van der Waals surface area contributed by atoms with E-state index in [4.69, 9.17) is 5.73 Å². The van der Waals surface area contributed by atoms with E-state index in [1.165, 1.54) is 62.4 Å². The highest BCUT2D eigenvalue weighted by molar-refractivity contribution is 5.68. The lowest BCUT2D eigenvalue weighted by Gasteiger charge is -2.21. The molecule has 0 aromatic heterocycles. The van der Waals surface area contributed by atoms with E-state index in [9.17, 15) is 0 Å². The van der Waals surface area contributed by atoms with Crippen LogP contribution in [0.15, 0.2) is 54.6 Å². The van der Waals surface area contributed by atoms with E-state index in [-0.39, 0.29) is 0 Å². The maximum atomic E-state index is 6.21. The molecule has 0 fully saturated rings. The Morgan fingerprint density at radius 3 is 2.42 bits per heavy atom. The van der Waals surface area contributed by atoms with Gasteiger partial charge in [0.25, 0.3) is 0 Å². The van der Waals surface area contributed by atoms with Gasteiger partial charge in [0, 0.05) is 10.9 Å². The average molecular weight is 337 g/mol. The zero-order chi connectivity index (χ0) is 17.7. The van der Waals surface area contributed by atoms with E-state index in [1.807, 2.05) is 6.07 Å². The molecule has 2 aliphatic carbocycles. The number of nitrogens with two attached hydrogens (primary N) is 1. The minimum Gasteiger partial charge on any atom is -0.398 e. The molecular weight excluding hydrogens is 314 g/mol. The number of aryl methyl sites for hydroxylation is 1. The summed E-state index contributed by atoms with van der Waals surface area (Å²) in [6.07, 6.45) is 6.88. The number of benzene rings is 3. The smallest absolute Gasteiger partial charge is 0.0390 e. The second kappa shape index (κ2) is 5.88. The molecule has 0 unspecified atom stereocenters. The molecule has 0 atom stereocenters. The molecule has 1 heteroatoms. The van der Waals surface area contributed by atoms with Crippen molar-refractivity contribution in [2.75, 3.05) is 5.73 Å². The van der Waals surface area contributed by atoms with Crippen molar-refractivity contribution in [3.8, 4) is 0 Å². The summed E-state index contributed by atoms with van der Waals surface area (Å²) in [6, 6.07) is 20.0. The van der Waals surface area contributed by atoms with E-state index in [2.05, 4.69) is 61.5 Å². The molecule has 0 amide bonds. The Morgan fingerprint density at radius 2 is 1.58 bits per heavy atom. The maximum Gasteiger partial charge on any atom is 0.0390 e. The van der Waals surface area contributed by atoms with Crippen LogP contribution in [0.2, 0.25) is 0 Å². The van der Waals surface area contributed by atoms with Crippen LogP contribution in [0, 0.1) is 17.4 Å². The molecule has 128 valence electrons. The third-order valence-corrected chi connectivity index (χ3v) is 5.95. The molecule has 1 nitrogen and oxygen atoms in total. The van der Waals surface area contributed by atoms with Gasteiger partial charge in [0.2, 0.25) is 0 Å². The number of hydrogen-bond acceptors (Lipinski definition) is 1. The van der Waals surface area contributed by atoms with Crippen LogP contribution in [-0.2, 0) is 12.8 Å². The van der Waals surface area contributed by atoms with Crippen molar-refractivity contribution in [3.05, 3.63) is 97.7 Å². The topological polar surface area (TPSA) is 26.0 Å². The molecule has 0 aliphatic heterocycles. The van der Waals surface area contributed by atoms with Crippen molar-refractivity contribution in [2.45, 2.75) is 32.6 Å². The van der Waals surface area contributed by atoms with Crippen molar-refractivity contribution >= 4 is 17.3 Å². The number of rotatable bonds is 1. The molecule has 26 heavy (non-hydrogen) atoms. The molecule has 0 spiro atoms. The molecule has 2 N–H and O–H groups in total. The van der Waals surface area contributed by atoms with Crippen LogP contribution < -0.4 is 16.2 Å². The summed E-state index contributed by atoms with van der Waals surface area (Å²) in [4.78, 5) is 0. The van der Waals surface area contributed by atoms with Gasteiger partial charge in [0.15, 0.2) is 0 Å². The van der Waals surface area contributed by atoms with Crippen LogP contribution >= 0.6 is 0 Å². The van der Waals surface area contributed by atoms with Gasteiger partial charge in [-0.05, 0) is 76.6 Å². The van der Waals surface area contributed by atoms with E-state index in [0.29, 0.717) is 0 Å². The maximum absolute atomic E-state index is 6.21. The third kappa shape index (κ3) is 2.31. The summed E-state index contributed by atoms with van der Waals surface area (Å²) in [5, 5.41) is 5.33. The highest BCUT2D eigenvalue weighted by atomic mass is 14.5. The Morgan fingerprint density at radius 1 is 0.769 bits per heavy atom. The zero-order valence-electron chi connectivity index (χ0n) is 15.2. The monoisotopic (exact) mass is 337 g/mol. The van der Waals surface area contributed by atoms with Crippen molar-refractivity contribution in [2.24, 2.45) is 0 Å². The van der Waals surface area contributed by atoms with Gasteiger partial charge in [-0.15, -0.1) is 0 Å². The second-order valence-corrected chi connectivity index (χ2v) is 7.53. The highest BCUT2D eigenvalue weighted by Gasteiger charge is 2.16. The van der Waals surface area contributed by atoms with Gasteiger partial charge in [-0.25, -0.2) is 0 Å². The lowest BCUT2D eigenvalue weighted by molar-refractivity contribution is 0.809. The summed E-state index contributed by atoms with van der Waals surface area (Å²) in [6.45, 7) is 2.15. The van der Waals surface area contributed by atoms with Crippen LogP contribution in [0.1, 0.15) is 35.1 Å². The Labute approximate surface area is 153 Å². The molecule has 0 saturated carbocycles. The number of nitrogen functional groups attached to an aromatic ring is 1. The van der Waals surface area contributed by atoms with Crippen LogP contribution in [-0.4, -0.2) is 0 Å². The summed E-state index contributed by atoms with van der Waals surface area (Å²) in [7, 11) is 0. The minimum absolute atomic E-state index is 0.887. The quantitative estimate of drug-likeness (QED) is 0.673. The zero-order valence-corrected chi connectivity index (χ0v) is 15.2. The molecule has 0 radical (unpaired) electrons. The fourth-order valence-corrected chi connectivity index (χ4v) is 4.63. The van der Waals surface area contributed by atoms with Crippen molar-refractivity contribution in [1.29, 1.82) is 0 Å². The molecule has 5 rings (SSSR count). The van der Waals surface area contributed by atoms with E-state index < -0.39 is 0 Å². The van der Waals surface area contributed by atoms with Crippen LogP contribution in [0.5, 0.6) is 0 Å². The first-order chi connectivity index (χ1) is 12.7. The van der Waals surface area contributed by atoms with Crippen LogP contribution in [0.3, 0.4) is 0 Å². The van der Waals surface area contributed by atoms with E-state index in [0.717, 1.165) is 12.1 Å². The minimum atomic E-state index is 0.887. The molecular formula is C25H23N. The van der Waals surface area contributed by atoms with Crippen LogP contribution in [0.4, 0.5) is 5.69 Å². The van der Waals surface area contributed by atoms with Gasteiger partial charge in [-0.3, -0.25) is 0 Å². The highest BCUT2D eigenvalue weighted by Crippen LogP contribution is 2.25. The lowest BCUT2D eigenvalue weighted by Crippen LogP contribution is -2.23. The van der Waals surface area contributed by atoms with Gasteiger partial charge in [-0.1, -0.05) is 60.2 Å². The molecule has 0 saturated heterocycles. The normalized spacial score (nSPS) is 14.9. The van der Waals surface area contributed by atoms with Crippen molar-refractivity contribution in [3.63, 3.8) is 0 Å². The number of hydrogen-bond donors (Lipinski definition) is 1. The van der Waals surface area contributed by atoms with E-state index >= 15 is 0 Å². The summed E-state index contributed by atoms with van der Waals surface area (Å²) in [5.74, 6) is 0. The molecule has 0 bridgehead atoms. The SMILES string of the molecule is Cc1ccc(C2=c3ccc4c(c3CCC2)CC=c2c(N)cccc2=4)cc1. The van der Waals surface area contributed by atoms with Gasteiger partial charge >= 0.3 is 0 Å². The fraction of sp³-hybridized carbons (Fsp3) is 0.200. The first-order valence-electron chi connectivity index (χ1n) is 9.52. The van der Waals surface area contributed by atoms with Gasteiger partial charge in [-0.2, -0.15) is 0 Å². The Kier molecular flexibility index (Phi) is 3.49. The van der Waals surface area contributed by atoms with Crippen LogP contribution in [0.25, 0.3) is 11.6 Å². The fourth-order valence-electron chi connectivity index (χ4n) is 4.63. The predicted octanol–water partition coefficient (Wildman–Crippen LogP) is 3.74. The largest absolute Gasteiger partial charge is 0.398 e. The van der Waals surface area contributed by atoms with Gasteiger partial charge in [0.1, 0.15) is 0 Å². The molecule has 2 aliphatic rings. The third-order valence-electron chi connectivity index (χ3n) is 5.95. The van der Waals surface area contributed by atoms with E-state index in [1.54, 1.807) is 5.56 Å². The Bertz CT molecular complexity index is 1230. The lowest BCUT2D eigenvalue weighted by atomic mass is 9.83. The number of anilines is 1. The summed E-state index contributed by atoms with van der Waals surface area (Å²) >= 11 is 0. The average Bonchev–Trinajstić information content (AvgIpc) is 2.68. The van der Waals surface area contributed by atoms with Crippen molar-refractivity contribution in [1.82, 2.24) is 0 Å². The first-order valence-corrected chi connectivity index (χ1v) is 9.52. The summed E-state index contributed by atoms with van der Waals surface area (Å²) in [5.41, 5.74) is 14.4. The standard InChI is InChI=1S/C25H23N/c1-16-8-10-17(11-9-16)18-4-2-5-19-21(18)12-13-23-20-6-3-7-25(26)24(20)15-14-22(19)23/h3,6-13,15H,2,4-5,14,26H2,1H3. The Balaban J connectivity index is 1.87. The molecule has 3 aromatic carbocycles. The predicted molar refractivity (Wildman–Crippen MR) is 109 cm³/mol. The van der Waals surface area contributed by atoms with Gasteiger partial charge < -0.3 is 5.73 Å². The second-order valence-electron chi connectivity index (χ2n) is 7.53.